The van der Waals surface area contributed by atoms with Crippen molar-refractivity contribution in [3.8, 4) is 0 Å². The summed E-state index contributed by atoms with van der Waals surface area (Å²) >= 11 is 0. The van der Waals surface area contributed by atoms with E-state index in [0.29, 0.717) is 23.9 Å². The molecule has 0 spiro atoms. The number of ether oxygens (including phenoxy) is 1. The molecule has 0 radical (unpaired) electrons. The van der Waals surface area contributed by atoms with Crippen LogP contribution in [0.15, 0.2) is 33.1 Å². The van der Waals surface area contributed by atoms with E-state index in [1.54, 1.807) is 18.2 Å². The van der Waals surface area contributed by atoms with Gasteiger partial charge in [-0.1, -0.05) is 33.6 Å². The fourth-order valence-corrected chi connectivity index (χ4v) is 1.49. The Labute approximate surface area is 150 Å². The Bertz CT molecular complexity index is 497. The summed E-state index contributed by atoms with van der Waals surface area (Å²) in [6, 6.07) is 6.84. The van der Waals surface area contributed by atoms with Gasteiger partial charge in [-0.3, -0.25) is 0 Å². The van der Waals surface area contributed by atoms with Gasteiger partial charge >= 0.3 is 0 Å². The minimum Gasteiger partial charge on any atom is -0.461 e. The zero-order chi connectivity index (χ0) is 18.9. The first-order valence-electron chi connectivity index (χ1n) is 8.70. The van der Waals surface area contributed by atoms with E-state index >= 15 is 0 Å². The molecule has 2 aromatic heterocycles. The number of hydrogen-bond acceptors (Lipinski definition) is 6. The van der Waals surface area contributed by atoms with Gasteiger partial charge < -0.3 is 28.9 Å². The van der Waals surface area contributed by atoms with Crippen molar-refractivity contribution in [2.75, 3.05) is 6.61 Å². The number of furan rings is 2. The maximum Gasteiger partial charge on any atom is 0.129 e. The summed E-state index contributed by atoms with van der Waals surface area (Å²) in [5.74, 6) is 2.33. The molecule has 0 bridgehead atoms. The second-order valence-corrected chi connectivity index (χ2v) is 5.26. The number of unbranched alkanes of at least 4 members (excludes halogenated alkanes) is 1. The SMILES string of the molecule is CCCC.CCCOCc1ccc(CO)o1.OCc1ccc(CO)o1. The van der Waals surface area contributed by atoms with Crippen LogP contribution in [0.25, 0.3) is 0 Å². The highest BCUT2D eigenvalue weighted by molar-refractivity contribution is 5.05. The number of aliphatic hydroxyl groups excluding tert-OH is 3. The number of aliphatic hydroxyl groups is 3. The third kappa shape index (κ3) is 11.6. The van der Waals surface area contributed by atoms with Crippen molar-refractivity contribution < 1.29 is 28.9 Å². The number of rotatable bonds is 8. The van der Waals surface area contributed by atoms with Crippen molar-refractivity contribution >= 4 is 0 Å². The lowest BCUT2D eigenvalue weighted by molar-refractivity contribution is 0.104. The number of hydrogen-bond donors (Lipinski definition) is 3. The molecule has 2 aromatic rings. The van der Waals surface area contributed by atoms with Crippen molar-refractivity contribution in [3.05, 3.63) is 47.3 Å². The maximum absolute atomic E-state index is 8.69. The van der Waals surface area contributed by atoms with Crippen LogP contribution in [0.1, 0.15) is 63.1 Å². The molecule has 0 aliphatic rings. The molecule has 2 heterocycles. The molecule has 0 amide bonds. The Morgan fingerprint density at radius 2 is 1.08 bits per heavy atom. The van der Waals surface area contributed by atoms with Gasteiger partial charge in [0.05, 0.1) is 0 Å². The van der Waals surface area contributed by atoms with Crippen LogP contribution in [0.5, 0.6) is 0 Å². The van der Waals surface area contributed by atoms with Gasteiger partial charge in [-0.05, 0) is 30.7 Å². The molecule has 0 aliphatic carbocycles. The predicted molar refractivity (Wildman–Crippen MR) is 95.7 cm³/mol. The summed E-state index contributed by atoms with van der Waals surface area (Å²) < 4.78 is 15.3. The van der Waals surface area contributed by atoms with Crippen LogP contribution in [-0.2, 0) is 31.2 Å². The summed E-state index contributed by atoms with van der Waals surface area (Å²) in [5.41, 5.74) is 0. The van der Waals surface area contributed by atoms with E-state index in [4.69, 9.17) is 28.9 Å². The average Bonchev–Trinajstić information content (AvgIpc) is 3.31. The predicted octanol–water partition coefficient (Wildman–Crippen LogP) is 3.77. The van der Waals surface area contributed by atoms with Crippen LogP contribution >= 0.6 is 0 Å². The third-order valence-electron chi connectivity index (χ3n) is 2.99. The van der Waals surface area contributed by atoms with E-state index < -0.39 is 0 Å². The van der Waals surface area contributed by atoms with Crippen LogP contribution in [0, 0.1) is 0 Å². The molecule has 2 rings (SSSR count). The molecule has 6 nitrogen and oxygen atoms in total. The van der Waals surface area contributed by atoms with E-state index in [-0.39, 0.29) is 19.8 Å². The van der Waals surface area contributed by atoms with Crippen LogP contribution < -0.4 is 0 Å². The second kappa shape index (κ2) is 15.9. The molecule has 0 aliphatic heterocycles. The van der Waals surface area contributed by atoms with Crippen LogP contribution in [0.2, 0.25) is 0 Å². The van der Waals surface area contributed by atoms with Gasteiger partial charge in [0.25, 0.3) is 0 Å². The Morgan fingerprint density at radius 1 is 0.680 bits per heavy atom. The minimum absolute atomic E-state index is 0.0478. The lowest BCUT2D eigenvalue weighted by Crippen LogP contribution is -1.91. The second-order valence-electron chi connectivity index (χ2n) is 5.26. The normalized spacial score (nSPS) is 9.84. The minimum atomic E-state index is -0.111. The molecule has 3 N–H and O–H groups in total. The van der Waals surface area contributed by atoms with Gasteiger partial charge in [-0.2, -0.15) is 0 Å². The quantitative estimate of drug-likeness (QED) is 0.623. The van der Waals surface area contributed by atoms with Gasteiger partial charge in [0.2, 0.25) is 0 Å². The topological polar surface area (TPSA) is 96.2 Å². The fraction of sp³-hybridized carbons (Fsp3) is 0.579. The maximum atomic E-state index is 8.69. The molecule has 0 saturated heterocycles. The molecule has 0 aromatic carbocycles. The molecule has 0 saturated carbocycles. The van der Waals surface area contributed by atoms with Gasteiger partial charge in [-0.15, -0.1) is 0 Å². The standard InChI is InChI=1S/C9H14O3.C6H8O3.C4H10/c1-2-5-11-7-9-4-3-8(6-10)12-9;7-3-5-1-2-6(4-8)9-5;1-3-4-2/h3-4,10H,2,5-7H2,1H3;1-2,7-8H,3-4H2;3-4H2,1-2H3. The zero-order valence-electron chi connectivity index (χ0n) is 15.5. The largest absolute Gasteiger partial charge is 0.461 e. The van der Waals surface area contributed by atoms with Crippen molar-refractivity contribution in [3.63, 3.8) is 0 Å². The molecule has 0 unspecified atom stereocenters. The summed E-state index contributed by atoms with van der Waals surface area (Å²) in [7, 11) is 0. The summed E-state index contributed by atoms with van der Waals surface area (Å²) in [5, 5.41) is 25.6. The van der Waals surface area contributed by atoms with Gasteiger partial charge in [0.15, 0.2) is 0 Å². The van der Waals surface area contributed by atoms with E-state index in [1.807, 2.05) is 6.07 Å². The smallest absolute Gasteiger partial charge is 0.129 e. The lowest BCUT2D eigenvalue weighted by Gasteiger charge is -1.97. The highest BCUT2D eigenvalue weighted by Crippen LogP contribution is 2.08. The van der Waals surface area contributed by atoms with Crippen molar-refractivity contribution in [1.29, 1.82) is 0 Å². The van der Waals surface area contributed by atoms with Crippen molar-refractivity contribution in [2.45, 2.75) is 66.5 Å². The van der Waals surface area contributed by atoms with E-state index in [9.17, 15) is 0 Å². The Balaban J connectivity index is 0.000000391. The first-order valence-corrected chi connectivity index (χ1v) is 8.70. The van der Waals surface area contributed by atoms with E-state index in [0.717, 1.165) is 18.8 Å². The van der Waals surface area contributed by atoms with Crippen LogP contribution in [0.4, 0.5) is 0 Å². The fourth-order valence-electron chi connectivity index (χ4n) is 1.49. The highest BCUT2D eigenvalue weighted by atomic mass is 16.5. The zero-order valence-corrected chi connectivity index (χ0v) is 15.5. The molecule has 0 fully saturated rings. The first kappa shape index (κ1) is 23.4. The molecule has 144 valence electrons. The monoisotopic (exact) mass is 356 g/mol. The van der Waals surface area contributed by atoms with Gasteiger partial charge in [0, 0.05) is 6.61 Å². The Morgan fingerprint density at radius 3 is 1.40 bits per heavy atom. The summed E-state index contributed by atoms with van der Waals surface area (Å²) in [6.45, 7) is 7.39. The van der Waals surface area contributed by atoms with E-state index in [1.165, 1.54) is 12.8 Å². The Kier molecular flexibility index (Phi) is 14.9. The van der Waals surface area contributed by atoms with E-state index in [2.05, 4.69) is 20.8 Å². The van der Waals surface area contributed by atoms with Crippen molar-refractivity contribution in [2.24, 2.45) is 0 Å². The third-order valence-corrected chi connectivity index (χ3v) is 2.99. The van der Waals surface area contributed by atoms with Crippen LogP contribution in [-0.4, -0.2) is 21.9 Å². The lowest BCUT2D eigenvalue weighted by atomic mass is 10.4. The molecular formula is C19H32O6. The van der Waals surface area contributed by atoms with Gasteiger partial charge in [0.1, 0.15) is 49.5 Å². The summed E-state index contributed by atoms with van der Waals surface area (Å²) in [4.78, 5) is 0. The Hall–Kier alpha value is -1.60. The van der Waals surface area contributed by atoms with Gasteiger partial charge in [-0.25, -0.2) is 0 Å². The molecular weight excluding hydrogens is 324 g/mol. The van der Waals surface area contributed by atoms with Crippen LogP contribution in [0.3, 0.4) is 0 Å². The first-order chi connectivity index (χ1) is 12.1. The average molecular weight is 356 g/mol. The molecule has 6 heteroatoms. The highest BCUT2D eigenvalue weighted by Gasteiger charge is 1.99. The summed E-state index contributed by atoms with van der Waals surface area (Å²) in [6.07, 6.45) is 3.65. The van der Waals surface area contributed by atoms with Crippen molar-refractivity contribution in [1.82, 2.24) is 0 Å². The molecule has 0 atom stereocenters. The molecule has 25 heavy (non-hydrogen) atoms.